The number of aliphatic hydroxyl groups excluding tert-OH is 7. The van der Waals surface area contributed by atoms with E-state index in [4.69, 9.17) is 33.2 Å². The molecule has 20 heteroatoms. The zero-order chi connectivity index (χ0) is 54.3. The van der Waals surface area contributed by atoms with Gasteiger partial charge in [-0.3, -0.25) is 9.59 Å². The van der Waals surface area contributed by atoms with E-state index in [0.29, 0.717) is 37.7 Å². The largest absolute Gasteiger partial charge is 0.479 e. The first kappa shape index (κ1) is 57.3. The van der Waals surface area contributed by atoms with Crippen LogP contribution < -0.4 is 0 Å². The molecule has 23 atom stereocenters. The average Bonchev–Trinajstić information content (AvgIpc) is 3.33. The molecule has 8 N–H and O–H groups in total. The molecule has 6 fully saturated rings. The molecular formula is C53H80O20. The monoisotopic (exact) mass is 1040 g/mol. The Bertz CT molecular complexity index is 2180. The molecule has 14 unspecified atom stereocenters. The van der Waals surface area contributed by atoms with E-state index in [1.807, 2.05) is 27.7 Å². The number of hydrogen-bond acceptors (Lipinski definition) is 19. The zero-order valence-corrected chi connectivity index (χ0v) is 44.0. The topological polar surface area (TPSA) is 312 Å². The molecule has 0 aromatic carbocycles. The van der Waals surface area contributed by atoms with E-state index in [-0.39, 0.29) is 18.8 Å². The Hall–Kier alpha value is -3.41. The van der Waals surface area contributed by atoms with Crippen molar-refractivity contribution in [2.45, 2.75) is 207 Å². The highest BCUT2D eigenvalue weighted by Gasteiger charge is 2.77. The third kappa shape index (κ3) is 8.93. The van der Waals surface area contributed by atoms with Gasteiger partial charge in [0.2, 0.25) is 0 Å². The number of esters is 3. The molecule has 412 valence electrons. The molecule has 0 amide bonds. The number of ether oxygens (including phenoxy) is 7. The molecule has 0 aromatic rings. The van der Waals surface area contributed by atoms with Crippen molar-refractivity contribution in [3.63, 3.8) is 0 Å². The van der Waals surface area contributed by atoms with Crippen LogP contribution in [0.3, 0.4) is 0 Å². The fourth-order valence-electron chi connectivity index (χ4n) is 15.0. The zero-order valence-electron chi connectivity index (χ0n) is 44.0. The molecule has 7 rings (SSSR count). The molecule has 2 saturated heterocycles. The Labute approximate surface area is 426 Å². The summed E-state index contributed by atoms with van der Waals surface area (Å²) in [4.78, 5) is 67.3. The van der Waals surface area contributed by atoms with E-state index in [1.54, 1.807) is 33.8 Å². The van der Waals surface area contributed by atoms with Gasteiger partial charge in [-0.15, -0.1) is 0 Å². The van der Waals surface area contributed by atoms with E-state index in [2.05, 4.69) is 19.9 Å². The predicted molar refractivity (Wildman–Crippen MR) is 254 cm³/mol. The average molecular weight is 1040 g/mol. The van der Waals surface area contributed by atoms with Crippen molar-refractivity contribution in [3.05, 3.63) is 23.3 Å². The van der Waals surface area contributed by atoms with Gasteiger partial charge in [0.25, 0.3) is 0 Å². The van der Waals surface area contributed by atoms with Crippen LogP contribution in [-0.2, 0) is 57.1 Å². The number of fused-ring (bicyclic) bond motifs is 7. The van der Waals surface area contributed by atoms with Gasteiger partial charge >= 0.3 is 23.9 Å². The maximum Gasteiger partial charge on any atom is 0.335 e. The first-order chi connectivity index (χ1) is 34.0. The second-order valence-corrected chi connectivity index (χ2v) is 23.9. The van der Waals surface area contributed by atoms with Gasteiger partial charge in [0, 0.05) is 23.3 Å². The third-order valence-corrected chi connectivity index (χ3v) is 19.7. The normalized spacial score (nSPS) is 47.7. The Morgan fingerprint density at radius 3 is 2.10 bits per heavy atom. The molecule has 2 aliphatic heterocycles. The number of carboxylic acid groups (broad SMARTS) is 1. The Kier molecular flexibility index (Phi) is 16.1. The second-order valence-electron chi connectivity index (χ2n) is 23.9. The summed E-state index contributed by atoms with van der Waals surface area (Å²) in [5, 5.41) is 89.0. The molecule has 0 radical (unpaired) electrons. The minimum atomic E-state index is -2.02. The fourth-order valence-corrected chi connectivity index (χ4v) is 15.0. The van der Waals surface area contributed by atoms with Crippen LogP contribution in [-0.4, -0.2) is 170 Å². The summed E-state index contributed by atoms with van der Waals surface area (Å²) in [6, 6.07) is 0. The van der Waals surface area contributed by atoms with Crippen molar-refractivity contribution in [3.8, 4) is 0 Å². The SMILES string of the molecule is C/C=C(/C)C(=O)O[C@H]1[C@H](OC(=O)C(C)CC)[C@@]2(CO)C(CC1(C)C)C1=CCC3[C@@]4(C)CCC(OC5OC(C(=O)O)C(O)C(OC6OCC(O)C(O)C6O)C5O)[C@@](C)(C=O)C4CC[C@@]3(C)[C@]1(C)[C@@H](O)[C@H]2OC(C)=O. The summed E-state index contributed by atoms with van der Waals surface area (Å²) in [6.45, 7) is 18.6. The molecule has 73 heavy (non-hydrogen) atoms. The van der Waals surface area contributed by atoms with E-state index < -0.39 is 173 Å². The molecule has 2 heterocycles. The maximum atomic E-state index is 14.0. The summed E-state index contributed by atoms with van der Waals surface area (Å²) in [6.07, 6.45) is -15.6. The van der Waals surface area contributed by atoms with Crippen LogP contribution in [0.25, 0.3) is 0 Å². The first-order valence-electron chi connectivity index (χ1n) is 25.9. The minimum Gasteiger partial charge on any atom is -0.479 e. The van der Waals surface area contributed by atoms with Crippen LogP contribution in [0.1, 0.15) is 121 Å². The van der Waals surface area contributed by atoms with Crippen molar-refractivity contribution in [2.75, 3.05) is 13.2 Å². The van der Waals surface area contributed by atoms with Crippen LogP contribution >= 0.6 is 0 Å². The molecule has 4 saturated carbocycles. The van der Waals surface area contributed by atoms with E-state index >= 15 is 0 Å². The van der Waals surface area contributed by atoms with Gasteiger partial charge in [0.15, 0.2) is 24.8 Å². The summed E-state index contributed by atoms with van der Waals surface area (Å²) in [5.74, 6) is -5.55. The highest BCUT2D eigenvalue weighted by molar-refractivity contribution is 5.88. The number of carboxylic acids is 1. The summed E-state index contributed by atoms with van der Waals surface area (Å²) in [5.41, 5.74) is -5.41. The molecule has 0 spiro atoms. The number of hydrogen-bond donors (Lipinski definition) is 8. The van der Waals surface area contributed by atoms with Crippen molar-refractivity contribution >= 4 is 30.2 Å². The van der Waals surface area contributed by atoms with Crippen molar-refractivity contribution in [2.24, 2.45) is 56.2 Å². The molecule has 7 aliphatic rings. The standard InChI is InChI=1S/C53H80O20/c1-12-24(3)44(65)72-41-42(73-45(66)25(4)13-2)53(23-55)28(20-48(41,6)7)27-14-15-31-49(8)18-17-32(50(9,22-54)30(49)16-19-51(31,10)52(27,11)39(62)40(53)68-26(5)56)69-47-36(61)37(35(60)38(71-47)43(63)64)70-46-34(59)33(58)29(57)21-67-46/h12,14,22,25,28-42,46-47,55,57-62H,13,15-21,23H2,1-11H3,(H,63,64)/b24-12-/t25?,28?,29?,30?,31?,32?,33?,34?,35?,36?,37?,38?,39-,40+,41-,42-,46?,47?,49-,50-,51+,52-,53-/m0/s1. The smallest absolute Gasteiger partial charge is 0.335 e. The number of carbonyl (C=O) groups is 5. The Morgan fingerprint density at radius 1 is 0.836 bits per heavy atom. The van der Waals surface area contributed by atoms with Gasteiger partial charge in [-0.2, -0.15) is 0 Å². The minimum absolute atomic E-state index is 0.203. The van der Waals surface area contributed by atoms with Gasteiger partial charge in [-0.05, 0) is 87.4 Å². The number of allylic oxidation sites excluding steroid dienone is 2. The number of aliphatic carboxylic acids is 1. The van der Waals surface area contributed by atoms with Gasteiger partial charge in [0.05, 0.1) is 36.1 Å². The van der Waals surface area contributed by atoms with Crippen molar-refractivity contribution in [1.82, 2.24) is 0 Å². The molecule has 5 aliphatic carbocycles. The molecular weight excluding hydrogens is 957 g/mol. The molecule has 0 aromatic heterocycles. The molecule has 0 bridgehead atoms. The summed E-state index contributed by atoms with van der Waals surface area (Å²) >= 11 is 0. The van der Waals surface area contributed by atoms with Gasteiger partial charge in [-0.25, -0.2) is 9.59 Å². The van der Waals surface area contributed by atoms with Crippen LogP contribution in [0, 0.1) is 56.2 Å². The van der Waals surface area contributed by atoms with E-state index in [0.717, 1.165) is 11.9 Å². The van der Waals surface area contributed by atoms with Gasteiger partial charge in [-0.1, -0.05) is 73.1 Å². The first-order valence-corrected chi connectivity index (χ1v) is 25.9. The van der Waals surface area contributed by atoms with Crippen LogP contribution in [0.2, 0.25) is 0 Å². The predicted octanol–water partition coefficient (Wildman–Crippen LogP) is 2.27. The molecule has 20 nitrogen and oxygen atoms in total. The number of aliphatic hydroxyl groups is 7. The van der Waals surface area contributed by atoms with Gasteiger partial charge < -0.3 is 78.8 Å². The van der Waals surface area contributed by atoms with Crippen LogP contribution in [0.4, 0.5) is 0 Å². The van der Waals surface area contributed by atoms with Crippen LogP contribution in [0.5, 0.6) is 0 Å². The number of aldehydes is 1. The summed E-state index contributed by atoms with van der Waals surface area (Å²) in [7, 11) is 0. The summed E-state index contributed by atoms with van der Waals surface area (Å²) < 4.78 is 42.2. The lowest BCUT2D eigenvalue weighted by Gasteiger charge is -2.73. The number of rotatable bonds is 13. The van der Waals surface area contributed by atoms with Gasteiger partial charge in [0.1, 0.15) is 61.2 Å². The third-order valence-electron chi connectivity index (χ3n) is 19.7. The lowest BCUT2D eigenvalue weighted by Crippen LogP contribution is -2.77. The Morgan fingerprint density at radius 2 is 1.51 bits per heavy atom. The van der Waals surface area contributed by atoms with E-state index in [9.17, 15) is 64.8 Å². The van der Waals surface area contributed by atoms with E-state index in [1.165, 1.54) is 6.92 Å². The highest BCUT2D eigenvalue weighted by atomic mass is 16.7. The Balaban J connectivity index is 1.26. The lowest BCUT2D eigenvalue weighted by molar-refractivity contribution is -0.356. The van der Waals surface area contributed by atoms with Crippen molar-refractivity contribution in [1.29, 1.82) is 0 Å². The maximum absolute atomic E-state index is 14.0. The fraction of sp³-hybridized carbons (Fsp3) is 0.830. The number of carbonyl (C=O) groups excluding carboxylic acids is 4. The second kappa shape index (κ2) is 20.5. The van der Waals surface area contributed by atoms with Crippen molar-refractivity contribution < 1.29 is 98.0 Å². The van der Waals surface area contributed by atoms with Crippen LogP contribution in [0.15, 0.2) is 23.3 Å². The lowest BCUT2D eigenvalue weighted by atomic mass is 9.32. The quantitative estimate of drug-likeness (QED) is 0.0328. The highest BCUT2D eigenvalue weighted by Crippen LogP contribution is 2.76.